The van der Waals surface area contributed by atoms with Crippen LogP contribution in [0.2, 0.25) is 0 Å². The van der Waals surface area contributed by atoms with E-state index >= 15 is 0 Å². The maximum atomic E-state index is 5.88. The van der Waals surface area contributed by atoms with Gasteiger partial charge in [0.2, 0.25) is 6.79 Å². The van der Waals surface area contributed by atoms with Crippen LogP contribution in [-0.4, -0.2) is 6.79 Å². The minimum Gasteiger partial charge on any atom is -0.454 e. The fourth-order valence-electron chi connectivity index (χ4n) is 1.92. The van der Waals surface area contributed by atoms with Gasteiger partial charge in [-0.15, -0.1) is 0 Å². The van der Waals surface area contributed by atoms with Gasteiger partial charge in [0.25, 0.3) is 0 Å². The molecular formula is C14H14N2O2. The highest BCUT2D eigenvalue weighted by Crippen LogP contribution is 2.35. The lowest BCUT2D eigenvalue weighted by molar-refractivity contribution is 0.174. The molecule has 18 heavy (non-hydrogen) atoms. The number of nitrogens with two attached hydrogens (primary N) is 1. The summed E-state index contributed by atoms with van der Waals surface area (Å²) in [6.07, 6.45) is 0. The minimum atomic E-state index is 0.288. The summed E-state index contributed by atoms with van der Waals surface area (Å²) in [5, 5.41) is 3.33. The Labute approximate surface area is 105 Å². The molecule has 0 spiro atoms. The first-order valence-electron chi connectivity index (χ1n) is 5.76. The highest BCUT2D eigenvalue weighted by atomic mass is 16.7. The van der Waals surface area contributed by atoms with Crippen molar-refractivity contribution in [3.63, 3.8) is 0 Å². The highest BCUT2D eigenvalue weighted by Gasteiger charge is 2.13. The Morgan fingerprint density at radius 1 is 1.11 bits per heavy atom. The molecule has 0 fully saturated rings. The summed E-state index contributed by atoms with van der Waals surface area (Å²) in [6.45, 7) is 2.28. The van der Waals surface area contributed by atoms with Crippen molar-refractivity contribution in [3.05, 3.63) is 42.0 Å². The van der Waals surface area contributed by atoms with Crippen LogP contribution in [-0.2, 0) is 0 Å². The number of anilines is 3. The molecule has 0 saturated carbocycles. The molecule has 1 aliphatic heterocycles. The summed E-state index contributed by atoms with van der Waals surface area (Å²) in [6, 6.07) is 11.6. The molecule has 0 saturated heterocycles. The van der Waals surface area contributed by atoms with Crippen molar-refractivity contribution in [2.45, 2.75) is 6.92 Å². The SMILES string of the molecule is Cc1c(N)cccc1Nc1ccc2c(c1)OCO2. The molecule has 0 bridgehead atoms. The van der Waals surface area contributed by atoms with Gasteiger partial charge in [-0.1, -0.05) is 6.07 Å². The van der Waals surface area contributed by atoms with Crippen LogP contribution in [0.3, 0.4) is 0 Å². The lowest BCUT2D eigenvalue weighted by Gasteiger charge is -2.11. The van der Waals surface area contributed by atoms with Crippen LogP contribution in [0.5, 0.6) is 11.5 Å². The summed E-state index contributed by atoms with van der Waals surface area (Å²) in [7, 11) is 0. The predicted molar refractivity (Wildman–Crippen MR) is 71.4 cm³/mol. The third-order valence-corrected chi connectivity index (χ3v) is 3.03. The number of nitrogen functional groups attached to an aromatic ring is 1. The van der Waals surface area contributed by atoms with Gasteiger partial charge in [0.15, 0.2) is 11.5 Å². The van der Waals surface area contributed by atoms with E-state index < -0.39 is 0 Å². The molecule has 3 rings (SSSR count). The normalized spacial score (nSPS) is 12.5. The molecule has 0 amide bonds. The van der Waals surface area contributed by atoms with Gasteiger partial charge in [-0.2, -0.15) is 0 Å². The molecule has 2 aromatic rings. The Hall–Kier alpha value is -2.36. The molecule has 0 aliphatic carbocycles. The van der Waals surface area contributed by atoms with Crippen LogP contribution in [0.15, 0.2) is 36.4 Å². The maximum Gasteiger partial charge on any atom is 0.231 e. The number of nitrogens with one attached hydrogen (secondary N) is 1. The first-order chi connectivity index (χ1) is 8.74. The summed E-state index contributed by atoms with van der Waals surface area (Å²) in [4.78, 5) is 0. The van der Waals surface area contributed by atoms with Crippen LogP contribution < -0.4 is 20.5 Å². The Morgan fingerprint density at radius 3 is 2.83 bits per heavy atom. The van der Waals surface area contributed by atoms with Gasteiger partial charge < -0.3 is 20.5 Å². The molecule has 1 heterocycles. The van der Waals surface area contributed by atoms with Gasteiger partial charge in [0.1, 0.15) is 0 Å². The lowest BCUT2D eigenvalue weighted by Crippen LogP contribution is -1.96. The fraction of sp³-hybridized carbons (Fsp3) is 0.143. The van der Waals surface area contributed by atoms with Gasteiger partial charge in [-0.25, -0.2) is 0 Å². The monoisotopic (exact) mass is 242 g/mol. The molecule has 92 valence electrons. The Bertz CT molecular complexity index is 596. The van der Waals surface area contributed by atoms with E-state index in [1.807, 2.05) is 43.3 Å². The van der Waals surface area contributed by atoms with Crippen LogP contribution in [0.25, 0.3) is 0 Å². The van der Waals surface area contributed by atoms with Crippen molar-refractivity contribution in [3.8, 4) is 11.5 Å². The molecule has 3 N–H and O–H groups in total. The number of fused-ring (bicyclic) bond motifs is 1. The molecule has 2 aromatic carbocycles. The first-order valence-corrected chi connectivity index (χ1v) is 5.76. The number of benzene rings is 2. The van der Waals surface area contributed by atoms with E-state index in [0.29, 0.717) is 0 Å². The zero-order chi connectivity index (χ0) is 12.5. The largest absolute Gasteiger partial charge is 0.454 e. The smallest absolute Gasteiger partial charge is 0.231 e. The second-order valence-electron chi connectivity index (χ2n) is 4.21. The molecule has 0 atom stereocenters. The van der Waals surface area contributed by atoms with Crippen LogP contribution in [0.1, 0.15) is 5.56 Å². The van der Waals surface area contributed by atoms with Gasteiger partial charge in [0.05, 0.1) is 0 Å². The summed E-state index contributed by atoms with van der Waals surface area (Å²) in [5.74, 6) is 1.55. The average molecular weight is 242 g/mol. The van der Waals surface area contributed by atoms with Crippen molar-refractivity contribution < 1.29 is 9.47 Å². The summed E-state index contributed by atoms with van der Waals surface area (Å²) < 4.78 is 10.6. The fourth-order valence-corrected chi connectivity index (χ4v) is 1.92. The zero-order valence-electron chi connectivity index (χ0n) is 10.1. The first kappa shape index (κ1) is 10.8. The maximum absolute atomic E-state index is 5.88. The second kappa shape index (κ2) is 4.14. The van der Waals surface area contributed by atoms with Gasteiger partial charge in [-0.3, -0.25) is 0 Å². The molecule has 0 aromatic heterocycles. The zero-order valence-corrected chi connectivity index (χ0v) is 10.1. The van der Waals surface area contributed by atoms with Crippen molar-refractivity contribution >= 4 is 17.1 Å². The van der Waals surface area contributed by atoms with Crippen molar-refractivity contribution in [1.82, 2.24) is 0 Å². The number of rotatable bonds is 2. The number of ether oxygens (including phenoxy) is 2. The minimum absolute atomic E-state index is 0.288. The van der Waals surface area contributed by atoms with E-state index in [2.05, 4.69) is 5.32 Å². The Balaban J connectivity index is 1.90. The molecular weight excluding hydrogens is 228 g/mol. The van der Waals surface area contributed by atoms with Gasteiger partial charge in [-0.05, 0) is 36.8 Å². The van der Waals surface area contributed by atoms with Crippen LogP contribution in [0, 0.1) is 6.92 Å². The molecule has 4 heteroatoms. The third kappa shape index (κ3) is 1.82. The number of hydrogen-bond acceptors (Lipinski definition) is 4. The summed E-state index contributed by atoms with van der Waals surface area (Å²) >= 11 is 0. The second-order valence-corrected chi connectivity index (χ2v) is 4.21. The van der Waals surface area contributed by atoms with E-state index in [4.69, 9.17) is 15.2 Å². The molecule has 0 radical (unpaired) electrons. The Kier molecular flexibility index (Phi) is 2.48. The molecule has 0 unspecified atom stereocenters. The van der Waals surface area contributed by atoms with E-state index in [1.165, 1.54) is 0 Å². The van der Waals surface area contributed by atoms with E-state index in [0.717, 1.165) is 34.1 Å². The third-order valence-electron chi connectivity index (χ3n) is 3.03. The standard InChI is InChI=1S/C14H14N2O2/c1-9-11(15)3-2-4-12(9)16-10-5-6-13-14(7-10)18-8-17-13/h2-7,16H,8,15H2,1H3. The van der Waals surface area contributed by atoms with Gasteiger partial charge >= 0.3 is 0 Å². The highest BCUT2D eigenvalue weighted by molar-refractivity contribution is 5.70. The van der Waals surface area contributed by atoms with E-state index in [1.54, 1.807) is 0 Å². The predicted octanol–water partition coefficient (Wildman–Crippen LogP) is 3.05. The average Bonchev–Trinajstić information content (AvgIpc) is 2.82. The molecule has 4 nitrogen and oxygen atoms in total. The summed E-state index contributed by atoms with van der Waals surface area (Å²) in [5.41, 5.74) is 9.64. The van der Waals surface area contributed by atoms with Crippen LogP contribution >= 0.6 is 0 Å². The topological polar surface area (TPSA) is 56.5 Å². The lowest BCUT2D eigenvalue weighted by atomic mass is 10.1. The van der Waals surface area contributed by atoms with E-state index in [-0.39, 0.29) is 6.79 Å². The molecule has 1 aliphatic rings. The van der Waals surface area contributed by atoms with Gasteiger partial charge in [0, 0.05) is 23.1 Å². The Morgan fingerprint density at radius 2 is 1.94 bits per heavy atom. The van der Waals surface area contributed by atoms with Crippen LogP contribution in [0.4, 0.5) is 17.1 Å². The van der Waals surface area contributed by atoms with Crippen molar-refractivity contribution in [2.75, 3.05) is 17.8 Å². The van der Waals surface area contributed by atoms with Crippen molar-refractivity contribution in [2.24, 2.45) is 0 Å². The van der Waals surface area contributed by atoms with E-state index in [9.17, 15) is 0 Å². The van der Waals surface area contributed by atoms with Crippen molar-refractivity contribution in [1.29, 1.82) is 0 Å². The quantitative estimate of drug-likeness (QED) is 0.795. The number of hydrogen-bond donors (Lipinski definition) is 2.